The Labute approximate surface area is 172 Å². The van der Waals surface area contributed by atoms with Crippen molar-refractivity contribution in [2.75, 3.05) is 5.32 Å². The number of benzene rings is 2. The van der Waals surface area contributed by atoms with E-state index in [0.29, 0.717) is 11.3 Å². The number of amides is 1. The van der Waals surface area contributed by atoms with Crippen molar-refractivity contribution < 1.29 is 23.1 Å². The molecule has 0 aliphatic carbocycles. The summed E-state index contributed by atoms with van der Waals surface area (Å²) in [5.41, 5.74) is 2.70. The Balaban J connectivity index is 1.66. The molecule has 0 saturated heterocycles. The van der Waals surface area contributed by atoms with E-state index in [2.05, 4.69) is 10.4 Å². The maximum Gasteiger partial charge on any atom is 0.311 e. The molecule has 6 nitrogen and oxygen atoms in total. The monoisotopic (exact) mass is 413 g/mol. The summed E-state index contributed by atoms with van der Waals surface area (Å²) in [7, 11) is 0. The third kappa shape index (κ3) is 4.71. The van der Waals surface area contributed by atoms with Crippen LogP contribution >= 0.6 is 0 Å². The summed E-state index contributed by atoms with van der Waals surface area (Å²) in [5, 5.41) is 6.69. The van der Waals surface area contributed by atoms with Crippen molar-refractivity contribution in [2.45, 2.75) is 33.3 Å². The molecular formula is C22H21F2N3O3. The van der Waals surface area contributed by atoms with Gasteiger partial charge in [-0.2, -0.15) is 5.10 Å². The summed E-state index contributed by atoms with van der Waals surface area (Å²) in [6.45, 7) is 4.99. The number of carbonyl (C=O) groups excluding carboxylic acids is 2. The third-order valence-electron chi connectivity index (χ3n) is 4.63. The van der Waals surface area contributed by atoms with Crippen molar-refractivity contribution in [1.82, 2.24) is 9.78 Å². The molecular weight excluding hydrogens is 392 g/mol. The van der Waals surface area contributed by atoms with Crippen LogP contribution in [-0.2, 0) is 20.7 Å². The number of aromatic nitrogens is 2. The van der Waals surface area contributed by atoms with Gasteiger partial charge in [0.15, 0.2) is 6.10 Å². The fourth-order valence-electron chi connectivity index (χ4n) is 3.02. The Morgan fingerprint density at radius 1 is 1.13 bits per heavy atom. The minimum atomic E-state index is -1.19. The maximum atomic E-state index is 13.7. The molecule has 1 aromatic heterocycles. The largest absolute Gasteiger partial charge is 0.452 e. The Morgan fingerprint density at radius 3 is 2.53 bits per heavy atom. The first-order valence-corrected chi connectivity index (χ1v) is 9.32. The Bertz CT molecular complexity index is 1080. The Hall–Kier alpha value is -3.55. The number of para-hydroxylation sites is 1. The van der Waals surface area contributed by atoms with E-state index >= 15 is 0 Å². The molecule has 1 heterocycles. The van der Waals surface area contributed by atoms with Crippen LogP contribution in [0.5, 0.6) is 0 Å². The van der Waals surface area contributed by atoms with E-state index in [9.17, 15) is 18.4 Å². The second kappa shape index (κ2) is 8.86. The molecule has 30 heavy (non-hydrogen) atoms. The molecule has 0 aliphatic rings. The lowest BCUT2D eigenvalue weighted by molar-refractivity contribution is -0.152. The molecule has 0 fully saturated rings. The van der Waals surface area contributed by atoms with Crippen molar-refractivity contribution >= 4 is 17.6 Å². The van der Waals surface area contributed by atoms with E-state index in [4.69, 9.17) is 4.74 Å². The second-order valence-electron chi connectivity index (χ2n) is 6.82. The molecule has 1 amide bonds. The fraction of sp³-hybridized carbons (Fsp3) is 0.227. The summed E-state index contributed by atoms with van der Waals surface area (Å²) in [5.74, 6) is -2.88. The molecule has 0 bridgehead atoms. The van der Waals surface area contributed by atoms with Gasteiger partial charge in [-0.3, -0.25) is 9.59 Å². The number of aryl methyl sites for hydroxylation is 1. The summed E-state index contributed by atoms with van der Waals surface area (Å²) in [4.78, 5) is 24.6. The van der Waals surface area contributed by atoms with Gasteiger partial charge in [-0.25, -0.2) is 13.5 Å². The first-order valence-electron chi connectivity index (χ1n) is 9.32. The number of rotatable bonds is 6. The molecule has 0 aliphatic heterocycles. The first kappa shape index (κ1) is 21.2. The van der Waals surface area contributed by atoms with E-state index in [1.165, 1.54) is 6.92 Å². The highest BCUT2D eigenvalue weighted by atomic mass is 19.1. The topological polar surface area (TPSA) is 73.2 Å². The van der Waals surface area contributed by atoms with Crippen molar-refractivity contribution in [3.05, 3.63) is 77.1 Å². The second-order valence-corrected chi connectivity index (χ2v) is 6.82. The number of nitrogens with zero attached hydrogens (tertiary/aromatic N) is 2. The van der Waals surface area contributed by atoms with Gasteiger partial charge in [0.05, 0.1) is 23.5 Å². The van der Waals surface area contributed by atoms with Crippen molar-refractivity contribution in [3.63, 3.8) is 0 Å². The van der Waals surface area contributed by atoms with Gasteiger partial charge in [0, 0.05) is 17.3 Å². The van der Waals surface area contributed by atoms with Crippen LogP contribution in [0.3, 0.4) is 0 Å². The van der Waals surface area contributed by atoms with Gasteiger partial charge in [0.25, 0.3) is 5.91 Å². The average Bonchev–Trinajstić information content (AvgIpc) is 2.99. The molecule has 156 valence electrons. The van der Waals surface area contributed by atoms with Crippen LogP contribution in [0.1, 0.15) is 23.9 Å². The number of hydrogen-bond acceptors (Lipinski definition) is 4. The zero-order valence-electron chi connectivity index (χ0n) is 16.8. The number of nitrogens with one attached hydrogen (secondary N) is 1. The average molecular weight is 413 g/mol. The van der Waals surface area contributed by atoms with Crippen molar-refractivity contribution in [2.24, 2.45) is 0 Å². The van der Waals surface area contributed by atoms with Gasteiger partial charge in [-0.1, -0.05) is 18.2 Å². The Morgan fingerprint density at radius 2 is 1.83 bits per heavy atom. The minimum absolute atomic E-state index is 0.0730. The van der Waals surface area contributed by atoms with Gasteiger partial charge in [-0.05, 0) is 45.0 Å². The number of esters is 1. The highest BCUT2D eigenvalue weighted by Gasteiger charge is 2.22. The molecule has 0 unspecified atom stereocenters. The standard InChI is InChI=1S/C22H21F2N3O3/c1-13-18(14(2)27(26-13)17-7-5-4-6-8-17)12-21(28)30-15(3)22(29)25-20-11-16(23)9-10-19(20)24/h4-11,15H,12H2,1-3H3,(H,25,29)/t15-/m0/s1. The van der Waals surface area contributed by atoms with Gasteiger partial charge in [0.2, 0.25) is 0 Å². The van der Waals surface area contributed by atoms with Crippen LogP contribution in [-0.4, -0.2) is 27.8 Å². The van der Waals surface area contributed by atoms with E-state index in [1.54, 1.807) is 11.6 Å². The van der Waals surface area contributed by atoms with E-state index in [0.717, 1.165) is 29.6 Å². The number of carbonyl (C=O) groups is 2. The van der Waals surface area contributed by atoms with Gasteiger partial charge < -0.3 is 10.1 Å². The van der Waals surface area contributed by atoms with Crippen LogP contribution in [0.4, 0.5) is 14.5 Å². The number of halogens is 2. The Kier molecular flexibility index (Phi) is 6.25. The molecule has 1 N–H and O–H groups in total. The summed E-state index contributed by atoms with van der Waals surface area (Å²) >= 11 is 0. The lowest BCUT2D eigenvalue weighted by Crippen LogP contribution is -2.31. The quantitative estimate of drug-likeness (QED) is 0.623. The number of ether oxygens (including phenoxy) is 1. The molecule has 2 aromatic carbocycles. The minimum Gasteiger partial charge on any atom is -0.452 e. The molecule has 3 rings (SSSR count). The zero-order valence-corrected chi connectivity index (χ0v) is 16.8. The van der Waals surface area contributed by atoms with Crippen LogP contribution in [0.15, 0.2) is 48.5 Å². The fourth-order valence-corrected chi connectivity index (χ4v) is 3.02. The SMILES string of the molecule is Cc1nn(-c2ccccc2)c(C)c1CC(=O)O[C@@H](C)C(=O)Nc1cc(F)ccc1F. The highest BCUT2D eigenvalue weighted by Crippen LogP contribution is 2.19. The highest BCUT2D eigenvalue weighted by molar-refractivity contribution is 5.95. The van der Waals surface area contributed by atoms with Crippen LogP contribution < -0.4 is 5.32 Å². The summed E-state index contributed by atoms with van der Waals surface area (Å²) in [6, 6.07) is 12.2. The maximum absolute atomic E-state index is 13.7. The molecule has 0 radical (unpaired) electrons. The van der Waals surface area contributed by atoms with Crippen LogP contribution in [0.2, 0.25) is 0 Å². The predicted octanol–water partition coefficient (Wildman–Crippen LogP) is 3.88. The molecule has 0 spiro atoms. The van der Waals surface area contributed by atoms with Gasteiger partial charge >= 0.3 is 5.97 Å². The lowest BCUT2D eigenvalue weighted by atomic mass is 10.1. The molecule has 1 atom stereocenters. The van der Waals surface area contributed by atoms with Gasteiger partial charge in [-0.15, -0.1) is 0 Å². The first-order chi connectivity index (χ1) is 14.3. The van der Waals surface area contributed by atoms with Crippen molar-refractivity contribution in [1.29, 1.82) is 0 Å². The predicted molar refractivity (Wildman–Crippen MR) is 107 cm³/mol. The molecule has 3 aromatic rings. The van der Waals surface area contributed by atoms with E-state index in [1.807, 2.05) is 37.3 Å². The molecule has 8 heteroatoms. The normalized spacial score (nSPS) is 11.8. The summed E-state index contributed by atoms with van der Waals surface area (Å²) < 4.78 is 33.8. The zero-order chi connectivity index (χ0) is 21.8. The van der Waals surface area contributed by atoms with E-state index in [-0.39, 0.29) is 12.1 Å². The lowest BCUT2D eigenvalue weighted by Gasteiger charge is -2.14. The van der Waals surface area contributed by atoms with E-state index < -0.39 is 29.6 Å². The number of hydrogen-bond donors (Lipinski definition) is 1. The third-order valence-corrected chi connectivity index (χ3v) is 4.63. The van der Waals surface area contributed by atoms with Crippen LogP contribution in [0.25, 0.3) is 5.69 Å². The van der Waals surface area contributed by atoms with Crippen LogP contribution in [0, 0.1) is 25.5 Å². The smallest absolute Gasteiger partial charge is 0.311 e. The molecule has 0 saturated carbocycles. The summed E-state index contributed by atoms with van der Waals surface area (Å²) in [6.07, 6.45) is -1.26. The van der Waals surface area contributed by atoms with Gasteiger partial charge in [0.1, 0.15) is 11.6 Å². The number of anilines is 1. The van der Waals surface area contributed by atoms with Crippen molar-refractivity contribution in [3.8, 4) is 5.69 Å².